The van der Waals surface area contributed by atoms with Crippen molar-refractivity contribution in [2.45, 2.75) is 309 Å². The van der Waals surface area contributed by atoms with E-state index in [2.05, 4.69) is 154 Å². The first-order chi connectivity index (χ1) is 47.2. The Balaban J connectivity index is 4.51. The third kappa shape index (κ3) is 72.8. The predicted molar refractivity (Wildman–Crippen MR) is 399 cm³/mol. The van der Waals surface area contributed by atoms with E-state index in [1.165, 1.54) is 83.5 Å². The molecule has 0 aliphatic heterocycles. The summed E-state index contributed by atoms with van der Waals surface area (Å²) >= 11 is 0. The van der Waals surface area contributed by atoms with Crippen molar-refractivity contribution in [1.29, 1.82) is 0 Å². The minimum atomic E-state index is -4.94. The van der Waals surface area contributed by atoms with Crippen LogP contribution in [0.4, 0.5) is 0 Å². The summed E-state index contributed by atoms with van der Waals surface area (Å²) in [6, 6.07) is 0. The molecule has 0 aromatic rings. The standard InChI is InChI=1S/C79H134O16P2/c1-4-7-10-13-16-19-22-25-27-29-31-32-33-34-35-36-37-38-39-40-42-44-45-48-50-53-56-59-62-65-77(82)89-68-74(80)69-91-96(85,86)92-70-75(81)71-93-97(87,88)94-73-76(95-79(84)67-64-61-58-55-52-47-24-21-18-15-12-9-6-3)72-90-78(83)66-63-60-57-54-51-49-46-43-41-30-28-26-23-20-17-14-11-8-5-2/h8,11-12,15-17,19-21,24-28,31-32,34-35,41,43,49,51,74-76,80-81H,4-7,9-10,13-14,18,22-23,29-30,33,36-40,42,44-48,50,52-73H2,1-3H3,(H,85,86)(H,87,88)/b11-8-,15-12-,19-16-,20-17-,24-21-,27-25-,28-26-,32-31-,35-34-,43-41-,51-49-. The molecule has 0 saturated carbocycles. The summed E-state index contributed by atoms with van der Waals surface area (Å²) in [5.74, 6) is -1.63. The summed E-state index contributed by atoms with van der Waals surface area (Å²) in [5, 5.41) is 20.6. The number of unbranched alkanes of at least 4 members (excludes halogenated alkanes) is 25. The van der Waals surface area contributed by atoms with E-state index in [1.54, 1.807) is 0 Å². The number of carbonyl (C=O) groups is 3. The van der Waals surface area contributed by atoms with Crippen LogP contribution in [0.5, 0.6) is 0 Å². The van der Waals surface area contributed by atoms with Gasteiger partial charge in [-0.3, -0.25) is 32.5 Å². The Hall–Kier alpha value is -4.31. The zero-order chi connectivity index (χ0) is 70.9. The molecule has 0 fully saturated rings. The summed E-state index contributed by atoms with van der Waals surface area (Å²) in [6.07, 6.45) is 85.1. The monoisotopic (exact) mass is 1400 g/mol. The number of phosphoric acid groups is 2. The third-order valence-corrected chi connectivity index (χ3v) is 17.2. The maximum absolute atomic E-state index is 12.9. The molecule has 0 spiro atoms. The Kier molecular flexibility index (Phi) is 68.3. The van der Waals surface area contributed by atoms with Crippen molar-refractivity contribution in [3.63, 3.8) is 0 Å². The van der Waals surface area contributed by atoms with Crippen molar-refractivity contribution in [2.75, 3.05) is 39.6 Å². The van der Waals surface area contributed by atoms with Gasteiger partial charge < -0.3 is 34.2 Å². The van der Waals surface area contributed by atoms with Gasteiger partial charge in [0.1, 0.15) is 25.4 Å². The van der Waals surface area contributed by atoms with E-state index in [4.69, 9.17) is 32.3 Å². The maximum Gasteiger partial charge on any atom is 0.472 e. The Morgan fingerprint density at radius 3 is 0.918 bits per heavy atom. The summed E-state index contributed by atoms with van der Waals surface area (Å²) in [5.41, 5.74) is 0. The Labute approximate surface area is 588 Å². The number of ether oxygens (including phenoxy) is 3. The Bertz CT molecular complexity index is 2300. The topological polar surface area (TPSA) is 231 Å². The highest BCUT2D eigenvalue weighted by atomic mass is 31.2. The van der Waals surface area contributed by atoms with E-state index in [0.29, 0.717) is 19.3 Å². The lowest BCUT2D eigenvalue weighted by Gasteiger charge is -2.21. The molecule has 97 heavy (non-hydrogen) atoms. The van der Waals surface area contributed by atoms with Gasteiger partial charge in [0.2, 0.25) is 0 Å². The Morgan fingerprint density at radius 1 is 0.299 bits per heavy atom. The van der Waals surface area contributed by atoms with Gasteiger partial charge in [0.05, 0.1) is 26.4 Å². The molecule has 5 unspecified atom stereocenters. The van der Waals surface area contributed by atoms with Crippen LogP contribution in [0, 0.1) is 0 Å². The van der Waals surface area contributed by atoms with Gasteiger partial charge >= 0.3 is 33.6 Å². The number of aliphatic hydroxyl groups is 2. The van der Waals surface area contributed by atoms with Crippen molar-refractivity contribution in [3.05, 3.63) is 134 Å². The fourth-order valence-corrected chi connectivity index (χ4v) is 11.2. The summed E-state index contributed by atoms with van der Waals surface area (Å²) < 4.78 is 60.9. The van der Waals surface area contributed by atoms with Crippen LogP contribution in [-0.4, -0.2) is 95.9 Å². The van der Waals surface area contributed by atoms with E-state index in [9.17, 15) is 43.5 Å². The first kappa shape index (κ1) is 92.7. The molecule has 556 valence electrons. The molecule has 0 aromatic heterocycles. The summed E-state index contributed by atoms with van der Waals surface area (Å²) in [6.45, 7) is 2.40. The van der Waals surface area contributed by atoms with Crippen LogP contribution in [-0.2, 0) is 55.8 Å². The average molecular weight is 1400 g/mol. The van der Waals surface area contributed by atoms with Crippen LogP contribution in [0.3, 0.4) is 0 Å². The van der Waals surface area contributed by atoms with E-state index < -0.39 is 91.5 Å². The smallest absolute Gasteiger partial charge is 0.463 e. The molecule has 16 nitrogen and oxygen atoms in total. The van der Waals surface area contributed by atoms with Crippen LogP contribution in [0.15, 0.2) is 134 Å². The zero-order valence-electron chi connectivity index (χ0n) is 60.5. The maximum atomic E-state index is 12.9. The van der Waals surface area contributed by atoms with Crippen LogP contribution in [0.1, 0.15) is 290 Å². The molecular weight excluding hydrogens is 1270 g/mol. The molecule has 5 atom stereocenters. The minimum absolute atomic E-state index is 0.0773. The van der Waals surface area contributed by atoms with Crippen LogP contribution >= 0.6 is 15.6 Å². The molecule has 0 heterocycles. The van der Waals surface area contributed by atoms with Crippen LogP contribution in [0.2, 0.25) is 0 Å². The first-order valence-corrected chi connectivity index (χ1v) is 40.5. The molecule has 0 saturated heterocycles. The number of hydrogen-bond acceptors (Lipinski definition) is 14. The number of esters is 3. The van der Waals surface area contributed by atoms with Crippen LogP contribution < -0.4 is 0 Å². The highest BCUT2D eigenvalue weighted by molar-refractivity contribution is 7.47. The van der Waals surface area contributed by atoms with E-state index in [0.717, 1.165) is 148 Å². The molecule has 18 heteroatoms. The van der Waals surface area contributed by atoms with Gasteiger partial charge in [-0.1, -0.05) is 270 Å². The molecule has 0 bridgehead atoms. The summed E-state index contributed by atoms with van der Waals surface area (Å²) in [4.78, 5) is 58.5. The fraction of sp³-hybridized carbons (Fsp3) is 0.684. The molecule has 0 aliphatic rings. The molecule has 0 aromatic carbocycles. The van der Waals surface area contributed by atoms with Gasteiger partial charge in [-0.05, 0) is 135 Å². The van der Waals surface area contributed by atoms with Crippen LogP contribution in [0.25, 0.3) is 0 Å². The van der Waals surface area contributed by atoms with Crippen molar-refractivity contribution < 1.29 is 75.8 Å². The SMILES string of the molecule is CC/C=C\C/C=C\C/C=C\C/C=C\C/C=C\CCCCCC(=O)OCC(COP(=O)(O)OCC(O)COP(=O)(O)OCC(O)COC(=O)CCCCCCCCCCCCCCC/C=C\C/C=C\C/C=C\C/C=C\CCCCC)OC(=O)CCCCCCC/C=C\C/C=C\CCC. The third-order valence-electron chi connectivity index (χ3n) is 15.3. The van der Waals surface area contributed by atoms with E-state index in [1.807, 2.05) is 0 Å². The molecule has 4 N–H and O–H groups in total. The van der Waals surface area contributed by atoms with Crippen molar-refractivity contribution in [3.8, 4) is 0 Å². The first-order valence-electron chi connectivity index (χ1n) is 37.5. The van der Waals surface area contributed by atoms with E-state index >= 15 is 0 Å². The van der Waals surface area contributed by atoms with Crippen molar-refractivity contribution in [2.24, 2.45) is 0 Å². The Morgan fingerprint density at radius 2 is 0.567 bits per heavy atom. The second kappa shape index (κ2) is 71.5. The van der Waals surface area contributed by atoms with Gasteiger partial charge in [0, 0.05) is 19.3 Å². The van der Waals surface area contributed by atoms with E-state index in [-0.39, 0.29) is 19.3 Å². The lowest BCUT2D eigenvalue weighted by molar-refractivity contribution is -0.161. The molecule has 0 radical (unpaired) electrons. The zero-order valence-corrected chi connectivity index (χ0v) is 62.2. The molecular formula is C79H134O16P2. The fourth-order valence-electron chi connectivity index (χ4n) is 9.62. The number of phosphoric ester groups is 2. The second-order valence-electron chi connectivity index (χ2n) is 24.7. The number of carbonyl (C=O) groups excluding carboxylic acids is 3. The average Bonchev–Trinajstić information content (AvgIpc) is 2.57. The summed E-state index contributed by atoms with van der Waals surface area (Å²) in [7, 11) is -9.80. The number of allylic oxidation sites excluding steroid dienone is 22. The largest absolute Gasteiger partial charge is 0.472 e. The second-order valence-corrected chi connectivity index (χ2v) is 27.6. The molecule has 0 rings (SSSR count). The predicted octanol–water partition coefficient (Wildman–Crippen LogP) is 21.5. The van der Waals surface area contributed by atoms with Gasteiger partial charge in [-0.15, -0.1) is 0 Å². The normalized spacial score (nSPS) is 14.8. The number of hydrogen-bond donors (Lipinski definition) is 4. The van der Waals surface area contributed by atoms with Gasteiger partial charge in [0.15, 0.2) is 6.10 Å². The molecule has 0 aliphatic carbocycles. The highest BCUT2D eigenvalue weighted by Crippen LogP contribution is 2.45. The van der Waals surface area contributed by atoms with Gasteiger partial charge in [0.25, 0.3) is 0 Å². The van der Waals surface area contributed by atoms with Crippen molar-refractivity contribution in [1.82, 2.24) is 0 Å². The highest BCUT2D eigenvalue weighted by Gasteiger charge is 2.29. The quantitative estimate of drug-likeness (QED) is 0.0146. The van der Waals surface area contributed by atoms with Crippen molar-refractivity contribution >= 4 is 33.6 Å². The number of rotatable bonds is 70. The lowest BCUT2D eigenvalue weighted by Crippen LogP contribution is -2.30. The lowest BCUT2D eigenvalue weighted by atomic mass is 10.0. The molecule has 0 amide bonds. The van der Waals surface area contributed by atoms with Gasteiger partial charge in [-0.25, -0.2) is 9.13 Å². The minimum Gasteiger partial charge on any atom is -0.463 e. The van der Waals surface area contributed by atoms with Gasteiger partial charge in [-0.2, -0.15) is 0 Å². The number of aliphatic hydroxyl groups excluding tert-OH is 2.